The molecular weight excluding hydrogens is 264 g/mol. The van der Waals surface area contributed by atoms with Crippen LogP contribution in [-0.2, 0) is 16.0 Å². The Morgan fingerprint density at radius 1 is 1.05 bits per heavy atom. The number of carbonyl (C=O) groups is 1. The van der Waals surface area contributed by atoms with Gasteiger partial charge in [-0.05, 0) is 55.7 Å². The van der Waals surface area contributed by atoms with Gasteiger partial charge in [0.05, 0.1) is 7.11 Å². The monoisotopic (exact) mass is 286 g/mol. The summed E-state index contributed by atoms with van der Waals surface area (Å²) in [7, 11) is 1.66. The lowest BCUT2D eigenvalue weighted by atomic mass is 10.0. The molecule has 0 aromatic heterocycles. The van der Waals surface area contributed by atoms with Gasteiger partial charge in [-0.15, -0.1) is 0 Å². The van der Waals surface area contributed by atoms with Crippen LogP contribution in [0.15, 0.2) is 36.4 Å². The number of esters is 1. The summed E-state index contributed by atoms with van der Waals surface area (Å²) in [6.45, 7) is 5.65. The average Bonchev–Trinajstić information content (AvgIpc) is 2.42. The van der Waals surface area contributed by atoms with Crippen molar-refractivity contribution < 1.29 is 14.3 Å². The van der Waals surface area contributed by atoms with Gasteiger partial charge in [0.2, 0.25) is 0 Å². The molecule has 0 spiro atoms. The maximum Gasteiger partial charge on any atom is 0.306 e. The third kappa shape index (κ3) is 4.48. The zero-order valence-corrected chi connectivity index (χ0v) is 13.1. The highest BCUT2D eigenvalue weighted by Gasteiger charge is 2.15. The van der Waals surface area contributed by atoms with Crippen molar-refractivity contribution in [2.45, 2.75) is 39.2 Å². The number of rotatable bonds is 4. The molecule has 21 heavy (non-hydrogen) atoms. The molecule has 0 unspecified atom stereocenters. The summed E-state index contributed by atoms with van der Waals surface area (Å²) in [4.78, 5) is 11.7. The SMILES string of the molecule is COc1ccc2cc(CCC(=O)OC(C)(C)C)ccc2c1. The topological polar surface area (TPSA) is 35.5 Å². The molecule has 0 saturated carbocycles. The molecule has 0 aliphatic heterocycles. The van der Waals surface area contributed by atoms with Crippen molar-refractivity contribution in [1.82, 2.24) is 0 Å². The maximum absolute atomic E-state index is 11.7. The number of benzene rings is 2. The zero-order chi connectivity index (χ0) is 15.5. The van der Waals surface area contributed by atoms with Crippen molar-refractivity contribution in [1.29, 1.82) is 0 Å². The maximum atomic E-state index is 11.7. The van der Waals surface area contributed by atoms with Gasteiger partial charge in [-0.3, -0.25) is 4.79 Å². The van der Waals surface area contributed by atoms with Crippen molar-refractivity contribution in [3.63, 3.8) is 0 Å². The summed E-state index contributed by atoms with van der Waals surface area (Å²) >= 11 is 0. The fraction of sp³-hybridized carbons (Fsp3) is 0.389. The molecule has 0 aliphatic rings. The van der Waals surface area contributed by atoms with E-state index < -0.39 is 5.60 Å². The summed E-state index contributed by atoms with van der Waals surface area (Å²) in [6.07, 6.45) is 1.09. The Morgan fingerprint density at radius 2 is 1.71 bits per heavy atom. The van der Waals surface area contributed by atoms with Gasteiger partial charge in [-0.25, -0.2) is 0 Å². The molecule has 0 bridgehead atoms. The van der Waals surface area contributed by atoms with Crippen LogP contribution in [0.1, 0.15) is 32.8 Å². The lowest BCUT2D eigenvalue weighted by molar-refractivity contribution is -0.154. The second kappa shape index (κ2) is 6.17. The summed E-state index contributed by atoms with van der Waals surface area (Å²) in [5, 5.41) is 2.29. The minimum atomic E-state index is -0.420. The van der Waals surface area contributed by atoms with E-state index in [2.05, 4.69) is 12.1 Å². The number of carbonyl (C=O) groups excluding carboxylic acids is 1. The molecule has 0 saturated heterocycles. The molecule has 0 heterocycles. The number of ether oxygens (including phenoxy) is 2. The van der Waals surface area contributed by atoms with Crippen molar-refractivity contribution in [2.24, 2.45) is 0 Å². The number of fused-ring (bicyclic) bond motifs is 1. The van der Waals surface area contributed by atoms with Gasteiger partial charge in [0.1, 0.15) is 11.4 Å². The summed E-state index contributed by atoms with van der Waals surface area (Å²) in [6, 6.07) is 12.2. The molecule has 2 aromatic carbocycles. The van der Waals surface area contributed by atoms with E-state index in [1.165, 1.54) is 0 Å². The molecule has 0 radical (unpaired) electrons. The first kappa shape index (κ1) is 15.4. The Balaban J connectivity index is 2.04. The molecule has 0 aliphatic carbocycles. The molecule has 0 amide bonds. The van der Waals surface area contributed by atoms with Gasteiger partial charge in [-0.2, -0.15) is 0 Å². The van der Waals surface area contributed by atoms with E-state index in [1.807, 2.05) is 45.0 Å². The minimum Gasteiger partial charge on any atom is -0.497 e. The van der Waals surface area contributed by atoms with Gasteiger partial charge in [-0.1, -0.05) is 24.3 Å². The van der Waals surface area contributed by atoms with Crippen LogP contribution in [0, 0.1) is 0 Å². The largest absolute Gasteiger partial charge is 0.497 e. The Bertz CT molecular complexity index is 638. The van der Waals surface area contributed by atoms with Crippen molar-refractivity contribution in [3.05, 3.63) is 42.0 Å². The summed E-state index contributed by atoms with van der Waals surface area (Å²) in [5.41, 5.74) is 0.718. The molecule has 3 heteroatoms. The minimum absolute atomic E-state index is 0.155. The number of methoxy groups -OCH3 is 1. The standard InChI is InChI=1S/C18H22O3/c1-18(2,3)21-17(19)10-6-13-5-7-15-12-16(20-4)9-8-14(15)11-13/h5,7-9,11-12H,6,10H2,1-4H3. The fourth-order valence-electron chi connectivity index (χ4n) is 2.19. The van der Waals surface area contributed by atoms with E-state index in [4.69, 9.17) is 9.47 Å². The van der Waals surface area contributed by atoms with Crippen molar-refractivity contribution >= 4 is 16.7 Å². The van der Waals surface area contributed by atoms with Crippen LogP contribution < -0.4 is 4.74 Å². The van der Waals surface area contributed by atoms with Crippen LogP contribution in [0.2, 0.25) is 0 Å². The van der Waals surface area contributed by atoms with Crippen LogP contribution >= 0.6 is 0 Å². The first-order valence-corrected chi connectivity index (χ1v) is 7.16. The predicted octanol–water partition coefficient (Wildman–Crippen LogP) is 4.12. The molecular formula is C18H22O3. The number of aryl methyl sites for hydroxylation is 1. The fourth-order valence-corrected chi connectivity index (χ4v) is 2.19. The van der Waals surface area contributed by atoms with Crippen LogP contribution in [0.5, 0.6) is 5.75 Å². The highest BCUT2D eigenvalue weighted by molar-refractivity contribution is 5.84. The Hall–Kier alpha value is -2.03. The Kier molecular flexibility index (Phi) is 4.51. The summed E-state index contributed by atoms with van der Waals surface area (Å²) in [5.74, 6) is 0.696. The third-order valence-corrected chi connectivity index (χ3v) is 3.15. The molecule has 0 atom stereocenters. The van der Waals surface area contributed by atoms with E-state index in [1.54, 1.807) is 7.11 Å². The van der Waals surface area contributed by atoms with E-state index >= 15 is 0 Å². The van der Waals surface area contributed by atoms with E-state index in [0.717, 1.165) is 22.1 Å². The molecule has 0 fully saturated rings. The average molecular weight is 286 g/mol. The van der Waals surface area contributed by atoms with Crippen LogP contribution in [0.4, 0.5) is 0 Å². The smallest absolute Gasteiger partial charge is 0.306 e. The van der Waals surface area contributed by atoms with E-state index in [0.29, 0.717) is 12.8 Å². The third-order valence-electron chi connectivity index (χ3n) is 3.15. The molecule has 2 aromatic rings. The van der Waals surface area contributed by atoms with Crippen LogP contribution in [0.3, 0.4) is 0 Å². The second-order valence-electron chi connectivity index (χ2n) is 6.13. The quantitative estimate of drug-likeness (QED) is 0.793. The van der Waals surface area contributed by atoms with Gasteiger partial charge in [0.25, 0.3) is 0 Å². The Morgan fingerprint density at radius 3 is 2.38 bits per heavy atom. The first-order chi connectivity index (χ1) is 9.87. The highest BCUT2D eigenvalue weighted by Crippen LogP contribution is 2.22. The van der Waals surface area contributed by atoms with Crippen LogP contribution in [-0.4, -0.2) is 18.7 Å². The molecule has 0 N–H and O–H groups in total. The Labute approximate surface area is 125 Å². The first-order valence-electron chi connectivity index (χ1n) is 7.16. The lowest BCUT2D eigenvalue weighted by Crippen LogP contribution is -2.23. The molecule has 112 valence electrons. The number of hydrogen-bond acceptors (Lipinski definition) is 3. The predicted molar refractivity (Wildman–Crippen MR) is 84.7 cm³/mol. The van der Waals surface area contributed by atoms with Crippen LogP contribution in [0.25, 0.3) is 10.8 Å². The van der Waals surface area contributed by atoms with Gasteiger partial charge in [0.15, 0.2) is 0 Å². The van der Waals surface area contributed by atoms with Gasteiger partial charge >= 0.3 is 5.97 Å². The van der Waals surface area contributed by atoms with E-state index in [-0.39, 0.29) is 5.97 Å². The van der Waals surface area contributed by atoms with E-state index in [9.17, 15) is 4.79 Å². The zero-order valence-electron chi connectivity index (χ0n) is 13.1. The second-order valence-corrected chi connectivity index (χ2v) is 6.13. The van der Waals surface area contributed by atoms with Gasteiger partial charge < -0.3 is 9.47 Å². The highest BCUT2D eigenvalue weighted by atomic mass is 16.6. The molecule has 2 rings (SSSR count). The lowest BCUT2D eigenvalue weighted by Gasteiger charge is -2.19. The van der Waals surface area contributed by atoms with Crippen molar-refractivity contribution in [3.8, 4) is 5.75 Å². The molecule has 3 nitrogen and oxygen atoms in total. The van der Waals surface area contributed by atoms with Crippen molar-refractivity contribution in [2.75, 3.05) is 7.11 Å². The number of hydrogen-bond donors (Lipinski definition) is 0. The normalized spacial score (nSPS) is 11.4. The van der Waals surface area contributed by atoms with Gasteiger partial charge in [0, 0.05) is 6.42 Å². The summed E-state index contributed by atoms with van der Waals surface area (Å²) < 4.78 is 10.5.